The van der Waals surface area contributed by atoms with Crippen molar-refractivity contribution in [1.29, 1.82) is 0 Å². The van der Waals surface area contributed by atoms with Crippen LogP contribution in [0.15, 0.2) is 29.4 Å². The highest BCUT2D eigenvalue weighted by Crippen LogP contribution is 2.13. The van der Waals surface area contributed by atoms with E-state index in [2.05, 4.69) is 34.3 Å². The molecule has 1 aromatic heterocycles. The highest BCUT2D eigenvalue weighted by molar-refractivity contribution is 5.84. The number of nitrogens with zero attached hydrogens (tertiary/aromatic N) is 2. The number of benzene rings is 1. The first-order valence-corrected chi connectivity index (χ1v) is 5.95. The minimum absolute atomic E-state index is 0.492. The van der Waals surface area contributed by atoms with E-state index in [9.17, 15) is 0 Å². The minimum atomic E-state index is 0.492. The second-order valence-corrected chi connectivity index (χ2v) is 4.28. The number of imidazole rings is 1. The summed E-state index contributed by atoms with van der Waals surface area (Å²) in [5.41, 5.74) is 6.03. The maximum absolute atomic E-state index is 4.40. The van der Waals surface area contributed by atoms with E-state index in [4.69, 9.17) is 0 Å². The lowest BCUT2D eigenvalue weighted by Gasteiger charge is -2.06. The molecule has 2 rings (SSSR count). The molecule has 0 aliphatic rings. The summed E-state index contributed by atoms with van der Waals surface area (Å²) in [5, 5.41) is 4.33. The summed E-state index contributed by atoms with van der Waals surface area (Å²) in [6.07, 6.45) is 1.09. The normalized spacial score (nSPS) is 13.9. The first-order chi connectivity index (χ1) is 8.20. The molecule has 1 aromatic carbocycles. The molecule has 0 spiro atoms. The van der Waals surface area contributed by atoms with E-state index >= 15 is 0 Å². The number of aromatic nitrogens is 2. The lowest BCUT2D eigenvalue weighted by molar-refractivity contribution is 0.734. The van der Waals surface area contributed by atoms with Gasteiger partial charge in [0.15, 0.2) is 0 Å². The number of rotatable bonds is 4. The Bertz CT molecular complexity index is 494. The Hall–Kier alpha value is -1.84. The molecule has 4 heteroatoms. The zero-order valence-electron chi connectivity index (χ0n) is 10.5. The van der Waals surface area contributed by atoms with E-state index in [0.29, 0.717) is 11.9 Å². The topological polar surface area (TPSA) is 53.1 Å². The van der Waals surface area contributed by atoms with Crippen LogP contribution in [0.3, 0.4) is 0 Å². The van der Waals surface area contributed by atoms with Crippen molar-refractivity contribution in [3.05, 3.63) is 24.3 Å². The standard InChI is InChI=1S/C13H18N4/c1-4-9(2)10(3)16-17-13-14-11-7-5-6-8-12(11)15-13/h5-9H,4H2,1-3H3,(H2,14,15,17)/b16-10+. The number of fused-ring (bicyclic) bond motifs is 1. The van der Waals surface area contributed by atoms with Crippen LogP contribution in [0.1, 0.15) is 27.2 Å². The zero-order valence-corrected chi connectivity index (χ0v) is 10.5. The Morgan fingerprint density at radius 3 is 2.94 bits per heavy atom. The van der Waals surface area contributed by atoms with Gasteiger partial charge in [-0.1, -0.05) is 26.0 Å². The summed E-state index contributed by atoms with van der Waals surface area (Å²) in [6.45, 7) is 6.36. The molecule has 1 unspecified atom stereocenters. The number of H-pyrrole nitrogens is 1. The Labute approximate surface area is 101 Å². The first kappa shape index (κ1) is 11.6. The van der Waals surface area contributed by atoms with E-state index in [1.807, 2.05) is 31.2 Å². The van der Waals surface area contributed by atoms with E-state index < -0.39 is 0 Å². The third kappa shape index (κ3) is 2.64. The van der Waals surface area contributed by atoms with Crippen molar-refractivity contribution < 1.29 is 0 Å². The first-order valence-electron chi connectivity index (χ1n) is 5.95. The molecule has 1 atom stereocenters. The highest BCUT2D eigenvalue weighted by atomic mass is 15.4. The Kier molecular flexibility index (Phi) is 3.42. The molecule has 0 aliphatic carbocycles. The molecule has 0 bridgehead atoms. The molecule has 1 heterocycles. The number of hydrogen-bond acceptors (Lipinski definition) is 3. The van der Waals surface area contributed by atoms with Gasteiger partial charge in [0.05, 0.1) is 11.0 Å². The summed E-state index contributed by atoms with van der Waals surface area (Å²) in [7, 11) is 0. The maximum Gasteiger partial charge on any atom is 0.222 e. The Balaban J connectivity index is 2.14. The van der Waals surface area contributed by atoms with Gasteiger partial charge in [-0.2, -0.15) is 5.10 Å². The van der Waals surface area contributed by atoms with Crippen LogP contribution in [0, 0.1) is 5.92 Å². The summed E-state index contributed by atoms with van der Waals surface area (Å²) in [4.78, 5) is 7.57. The fourth-order valence-corrected chi connectivity index (χ4v) is 1.55. The SMILES string of the molecule is CCC(C)/C(C)=N/Nc1nc2ccccc2[nH]1. The number of para-hydroxylation sites is 2. The molecule has 0 saturated heterocycles. The highest BCUT2D eigenvalue weighted by Gasteiger charge is 2.03. The largest absolute Gasteiger partial charge is 0.323 e. The molecule has 2 N–H and O–H groups in total. The second kappa shape index (κ2) is 4.99. The molecular weight excluding hydrogens is 212 g/mol. The van der Waals surface area contributed by atoms with Crippen LogP contribution >= 0.6 is 0 Å². The lowest BCUT2D eigenvalue weighted by atomic mass is 10.1. The van der Waals surface area contributed by atoms with Crippen molar-refractivity contribution in [3.8, 4) is 0 Å². The summed E-state index contributed by atoms with van der Waals surface area (Å²) in [5.74, 6) is 1.18. The van der Waals surface area contributed by atoms with Crippen LogP contribution < -0.4 is 5.43 Å². The molecule has 90 valence electrons. The quantitative estimate of drug-likeness (QED) is 0.624. The van der Waals surface area contributed by atoms with Crippen molar-refractivity contribution in [1.82, 2.24) is 9.97 Å². The van der Waals surface area contributed by atoms with Gasteiger partial charge in [0.1, 0.15) is 0 Å². The maximum atomic E-state index is 4.40. The van der Waals surface area contributed by atoms with E-state index in [1.54, 1.807) is 0 Å². The van der Waals surface area contributed by atoms with E-state index in [-0.39, 0.29) is 0 Å². The van der Waals surface area contributed by atoms with Crippen LogP contribution in [0.25, 0.3) is 11.0 Å². The molecule has 0 radical (unpaired) electrons. The number of hydrazone groups is 1. The summed E-state index contributed by atoms with van der Waals surface area (Å²) in [6, 6.07) is 7.93. The predicted octanol–water partition coefficient (Wildman–Crippen LogP) is 3.40. The third-order valence-electron chi connectivity index (χ3n) is 3.05. The fourth-order valence-electron chi connectivity index (χ4n) is 1.55. The van der Waals surface area contributed by atoms with Crippen LogP contribution in [-0.4, -0.2) is 15.7 Å². The Morgan fingerprint density at radius 1 is 1.47 bits per heavy atom. The molecule has 0 amide bonds. The molecule has 4 nitrogen and oxygen atoms in total. The van der Waals surface area contributed by atoms with E-state index in [1.165, 1.54) is 0 Å². The van der Waals surface area contributed by atoms with Gasteiger partial charge in [0, 0.05) is 5.71 Å². The van der Waals surface area contributed by atoms with Crippen molar-refractivity contribution in [2.45, 2.75) is 27.2 Å². The number of nitrogens with one attached hydrogen (secondary N) is 2. The van der Waals surface area contributed by atoms with Gasteiger partial charge in [-0.3, -0.25) is 0 Å². The molecule has 0 saturated carbocycles. The average Bonchev–Trinajstić information content (AvgIpc) is 2.77. The van der Waals surface area contributed by atoms with Crippen molar-refractivity contribution in [2.24, 2.45) is 11.0 Å². The zero-order chi connectivity index (χ0) is 12.3. The van der Waals surface area contributed by atoms with Crippen molar-refractivity contribution in [2.75, 3.05) is 5.43 Å². The van der Waals surface area contributed by atoms with Gasteiger partial charge in [-0.05, 0) is 31.4 Å². The summed E-state index contributed by atoms with van der Waals surface area (Å²) >= 11 is 0. The second-order valence-electron chi connectivity index (χ2n) is 4.28. The van der Waals surface area contributed by atoms with Gasteiger partial charge >= 0.3 is 0 Å². The fraction of sp³-hybridized carbons (Fsp3) is 0.385. The molecule has 0 fully saturated rings. The van der Waals surface area contributed by atoms with Gasteiger partial charge in [-0.15, -0.1) is 0 Å². The van der Waals surface area contributed by atoms with Gasteiger partial charge in [0.25, 0.3) is 0 Å². The third-order valence-corrected chi connectivity index (χ3v) is 3.05. The van der Waals surface area contributed by atoms with Gasteiger partial charge in [-0.25, -0.2) is 10.4 Å². The molecule has 17 heavy (non-hydrogen) atoms. The van der Waals surface area contributed by atoms with Gasteiger partial charge in [0.2, 0.25) is 5.95 Å². The number of hydrogen-bond donors (Lipinski definition) is 2. The van der Waals surface area contributed by atoms with Crippen LogP contribution in [-0.2, 0) is 0 Å². The lowest BCUT2D eigenvalue weighted by Crippen LogP contribution is -2.08. The van der Waals surface area contributed by atoms with Crippen molar-refractivity contribution >= 4 is 22.7 Å². The number of anilines is 1. The van der Waals surface area contributed by atoms with E-state index in [0.717, 1.165) is 23.2 Å². The average molecular weight is 230 g/mol. The monoisotopic (exact) mass is 230 g/mol. The minimum Gasteiger partial charge on any atom is -0.323 e. The van der Waals surface area contributed by atoms with Gasteiger partial charge < -0.3 is 4.98 Å². The van der Waals surface area contributed by atoms with Crippen molar-refractivity contribution in [3.63, 3.8) is 0 Å². The van der Waals surface area contributed by atoms with Crippen LogP contribution in [0.5, 0.6) is 0 Å². The molecular formula is C13H18N4. The van der Waals surface area contributed by atoms with Crippen LogP contribution in [0.4, 0.5) is 5.95 Å². The molecule has 2 aromatic rings. The smallest absolute Gasteiger partial charge is 0.222 e. The summed E-state index contributed by atoms with van der Waals surface area (Å²) < 4.78 is 0. The Morgan fingerprint density at radius 2 is 2.24 bits per heavy atom. The predicted molar refractivity (Wildman–Crippen MR) is 72.3 cm³/mol. The molecule has 0 aliphatic heterocycles. The number of aromatic amines is 1. The van der Waals surface area contributed by atoms with Crippen LogP contribution in [0.2, 0.25) is 0 Å².